The van der Waals surface area contributed by atoms with Crippen molar-refractivity contribution in [1.82, 2.24) is 20.2 Å². The Bertz CT molecular complexity index is 933. The maximum Gasteiger partial charge on any atom is 0.191 e. The number of hydrogen-bond acceptors (Lipinski definition) is 3. The Labute approximate surface area is 172 Å². The molecular formula is C23H29N5O. The van der Waals surface area contributed by atoms with Crippen LogP contribution in [-0.2, 0) is 19.6 Å². The standard InChI is InChI=1S/C23H29N5O/c1-4-24-23(26-15-20-11-10-18(2)14-21(20)29-3)27-16-22-25-12-13-28(22)17-19-8-6-5-7-9-19/h5-14H,4,15-17H2,1-3H3,(H2,24,26,27). The van der Waals surface area contributed by atoms with E-state index in [-0.39, 0.29) is 0 Å². The lowest BCUT2D eigenvalue weighted by molar-refractivity contribution is 0.409. The molecule has 2 aromatic carbocycles. The maximum absolute atomic E-state index is 5.49. The van der Waals surface area contributed by atoms with E-state index in [1.165, 1.54) is 11.1 Å². The second-order valence-electron chi connectivity index (χ2n) is 6.82. The van der Waals surface area contributed by atoms with Gasteiger partial charge in [-0.3, -0.25) is 0 Å². The van der Waals surface area contributed by atoms with Crippen LogP contribution in [0.15, 0.2) is 65.9 Å². The largest absolute Gasteiger partial charge is 0.496 e. The average molecular weight is 392 g/mol. The molecule has 152 valence electrons. The smallest absolute Gasteiger partial charge is 0.191 e. The van der Waals surface area contributed by atoms with E-state index < -0.39 is 0 Å². The highest BCUT2D eigenvalue weighted by molar-refractivity contribution is 5.79. The van der Waals surface area contributed by atoms with Gasteiger partial charge in [-0.15, -0.1) is 0 Å². The highest BCUT2D eigenvalue weighted by Crippen LogP contribution is 2.20. The molecule has 0 aliphatic carbocycles. The van der Waals surface area contributed by atoms with Gasteiger partial charge in [0.15, 0.2) is 5.96 Å². The van der Waals surface area contributed by atoms with E-state index >= 15 is 0 Å². The summed E-state index contributed by atoms with van der Waals surface area (Å²) in [5.41, 5.74) is 3.48. The summed E-state index contributed by atoms with van der Waals surface area (Å²) < 4.78 is 7.63. The van der Waals surface area contributed by atoms with Gasteiger partial charge in [-0.25, -0.2) is 9.98 Å². The van der Waals surface area contributed by atoms with Crippen LogP contribution in [0.1, 0.15) is 29.4 Å². The van der Waals surface area contributed by atoms with E-state index in [1.54, 1.807) is 7.11 Å². The Morgan fingerprint density at radius 1 is 1.14 bits per heavy atom. The van der Waals surface area contributed by atoms with Crippen molar-refractivity contribution in [1.29, 1.82) is 0 Å². The van der Waals surface area contributed by atoms with Crippen LogP contribution in [-0.4, -0.2) is 29.2 Å². The molecule has 0 saturated heterocycles. The van der Waals surface area contributed by atoms with Crippen LogP contribution in [0.5, 0.6) is 5.75 Å². The van der Waals surface area contributed by atoms with Gasteiger partial charge in [0, 0.05) is 31.0 Å². The van der Waals surface area contributed by atoms with Gasteiger partial charge in [-0.2, -0.15) is 0 Å². The summed E-state index contributed by atoms with van der Waals surface area (Å²) in [6, 6.07) is 16.6. The number of nitrogens with one attached hydrogen (secondary N) is 2. The van der Waals surface area contributed by atoms with Crippen molar-refractivity contribution in [2.24, 2.45) is 4.99 Å². The van der Waals surface area contributed by atoms with Crippen molar-refractivity contribution in [2.45, 2.75) is 33.5 Å². The lowest BCUT2D eigenvalue weighted by Crippen LogP contribution is -2.37. The number of hydrogen-bond donors (Lipinski definition) is 2. The molecule has 0 unspecified atom stereocenters. The first-order valence-electron chi connectivity index (χ1n) is 9.89. The number of benzene rings is 2. The normalized spacial score (nSPS) is 11.3. The lowest BCUT2D eigenvalue weighted by atomic mass is 10.1. The zero-order valence-electron chi connectivity index (χ0n) is 17.4. The van der Waals surface area contributed by atoms with Crippen molar-refractivity contribution < 1.29 is 4.74 Å². The maximum atomic E-state index is 5.49. The molecule has 1 heterocycles. The minimum absolute atomic E-state index is 0.539. The molecule has 0 amide bonds. The van der Waals surface area contributed by atoms with Gasteiger partial charge in [0.1, 0.15) is 11.6 Å². The van der Waals surface area contributed by atoms with Crippen molar-refractivity contribution >= 4 is 5.96 Å². The van der Waals surface area contributed by atoms with Crippen LogP contribution in [0, 0.1) is 6.92 Å². The van der Waals surface area contributed by atoms with Crippen LogP contribution in [0.25, 0.3) is 0 Å². The van der Waals surface area contributed by atoms with Crippen LogP contribution in [0.4, 0.5) is 0 Å². The number of guanidine groups is 1. The van der Waals surface area contributed by atoms with Crippen LogP contribution < -0.4 is 15.4 Å². The first-order chi connectivity index (χ1) is 14.2. The molecule has 0 bridgehead atoms. The lowest BCUT2D eigenvalue weighted by Gasteiger charge is -2.13. The first-order valence-corrected chi connectivity index (χ1v) is 9.89. The van der Waals surface area contributed by atoms with E-state index in [1.807, 2.05) is 24.5 Å². The Kier molecular flexibility index (Phi) is 7.28. The number of rotatable bonds is 8. The van der Waals surface area contributed by atoms with E-state index in [0.717, 1.165) is 36.2 Å². The van der Waals surface area contributed by atoms with E-state index in [0.29, 0.717) is 13.1 Å². The number of aromatic nitrogens is 2. The molecular weight excluding hydrogens is 362 g/mol. The van der Waals surface area contributed by atoms with Gasteiger partial charge < -0.3 is 19.9 Å². The molecule has 0 saturated carbocycles. The van der Waals surface area contributed by atoms with Gasteiger partial charge in [-0.05, 0) is 31.0 Å². The Morgan fingerprint density at radius 2 is 1.97 bits per heavy atom. The van der Waals surface area contributed by atoms with Gasteiger partial charge >= 0.3 is 0 Å². The average Bonchev–Trinajstić information content (AvgIpc) is 3.18. The monoisotopic (exact) mass is 391 g/mol. The van der Waals surface area contributed by atoms with Crippen LogP contribution >= 0.6 is 0 Å². The third kappa shape index (κ3) is 5.85. The van der Waals surface area contributed by atoms with Gasteiger partial charge in [0.05, 0.1) is 20.2 Å². The number of aliphatic imine (C=N–C) groups is 1. The fraction of sp³-hybridized carbons (Fsp3) is 0.304. The van der Waals surface area contributed by atoms with Crippen molar-refractivity contribution in [3.05, 3.63) is 83.4 Å². The van der Waals surface area contributed by atoms with Crippen molar-refractivity contribution in [3.8, 4) is 5.75 Å². The predicted octanol–water partition coefficient (Wildman–Crippen LogP) is 3.50. The molecule has 3 aromatic rings. The minimum atomic E-state index is 0.539. The van der Waals surface area contributed by atoms with Crippen molar-refractivity contribution in [2.75, 3.05) is 13.7 Å². The molecule has 2 N–H and O–H groups in total. The van der Waals surface area contributed by atoms with Crippen LogP contribution in [0.3, 0.4) is 0 Å². The molecule has 0 aliphatic rings. The van der Waals surface area contributed by atoms with Gasteiger partial charge in [0.25, 0.3) is 0 Å². The highest BCUT2D eigenvalue weighted by atomic mass is 16.5. The highest BCUT2D eigenvalue weighted by Gasteiger charge is 2.07. The Balaban J connectivity index is 1.66. The topological polar surface area (TPSA) is 63.5 Å². The third-order valence-electron chi connectivity index (χ3n) is 4.61. The molecule has 0 spiro atoms. The molecule has 6 heteroatoms. The number of ether oxygens (including phenoxy) is 1. The summed E-state index contributed by atoms with van der Waals surface area (Å²) in [6.07, 6.45) is 3.84. The molecule has 0 fully saturated rings. The number of imidazole rings is 1. The fourth-order valence-electron chi connectivity index (χ4n) is 3.08. The second kappa shape index (κ2) is 10.3. The number of nitrogens with zero attached hydrogens (tertiary/aromatic N) is 3. The van der Waals surface area contributed by atoms with E-state index in [9.17, 15) is 0 Å². The molecule has 0 aliphatic heterocycles. The molecule has 0 atom stereocenters. The summed E-state index contributed by atoms with van der Waals surface area (Å²) >= 11 is 0. The Hall–Kier alpha value is -3.28. The van der Waals surface area contributed by atoms with Gasteiger partial charge in [-0.1, -0.05) is 42.5 Å². The minimum Gasteiger partial charge on any atom is -0.496 e. The molecule has 3 rings (SSSR count). The first kappa shape index (κ1) is 20.5. The number of methoxy groups -OCH3 is 1. The molecule has 1 aromatic heterocycles. The summed E-state index contributed by atoms with van der Waals surface area (Å²) in [7, 11) is 1.69. The predicted molar refractivity (Wildman–Crippen MR) is 117 cm³/mol. The van der Waals surface area contributed by atoms with E-state index in [2.05, 4.69) is 70.4 Å². The second-order valence-corrected chi connectivity index (χ2v) is 6.82. The molecule has 0 radical (unpaired) electrons. The Morgan fingerprint density at radius 3 is 2.72 bits per heavy atom. The van der Waals surface area contributed by atoms with Crippen molar-refractivity contribution in [3.63, 3.8) is 0 Å². The zero-order valence-corrected chi connectivity index (χ0v) is 17.4. The van der Waals surface area contributed by atoms with Crippen LogP contribution in [0.2, 0.25) is 0 Å². The summed E-state index contributed by atoms with van der Waals surface area (Å²) in [5, 5.41) is 6.68. The summed E-state index contributed by atoms with van der Waals surface area (Å²) in [6.45, 7) is 6.83. The fourth-order valence-corrected chi connectivity index (χ4v) is 3.08. The van der Waals surface area contributed by atoms with E-state index in [4.69, 9.17) is 9.73 Å². The number of aryl methyl sites for hydroxylation is 1. The summed E-state index contributed by atoms with van der Waals surface area (Å²) in [4.78, 5) is 9.21. The quantitative estimate of drug-likeness (QED) is 0.456. The SMILES string of the molecule is CCNC(=NCc1ccc(C)cc1OC)NCc1nccn1Cc1ccccc1. The zero-order chi connectivity index (χ0) is 20.5. The third-order valence-corrected chi connectivity index (χ3v) is 4.61. The molecule has 6 nitrogen and oxygen atoms in total. The molecule has 29 heavy (non-hydrogen) atoms. The van der Waals surface area contributed by atoms with Gasteiger partial charge in [0.2, 0.25) is 0 Å². The summed E-state index contributed by atoms with van der Waals surface area (Å²) in [5.74, 6) is 2.58.